The molecule has 0 bridgehead atoms. The largest absolute Gasteiger partial charge is 0.457 e. The highest BCUT2D eigenvalue weighted by Crippen LogP contribution is 2.23. The molecule has 0 aliphatic carbocycles. The van der Waals surface area contributed by atoms with E-state index in [-0.39, 0.29) is 11.9 Å². The summed E-state index contributed by atoms with van der Waals surface area (Å²) in [6.07, 6.45) is -0.388. The molecular weight excluding hydrogens is 328 g/mol. The molecule has 7 heteroatoms. The Bertz CT molecular complexity index is 809. The Morgan fingerprint density at radius 3 is 2.12 bits per heavy atom. The van der Waals surface area contributed by atoms with Gasteiger partial charge >= 0.3 is 0 Å². The van der Waals surface area contributed by atoms with E-state index in [9.17, 15) is 8.42 Å². The average Bonchev–Trinajstić information content (AvgIpc) is 2.56. The third-order valence-corrected chi connectivity index (χ3v) is 4.66. The van der Waals surface area contributed by atoms with E-state index in [4.69, 9.17) is 14.7 Å². The maximum absolute atomic E-state index is 12.0. The molecule has 0 aromatic heterocycles. The molecule has 0 spiro atoms. The number of rotatable bonds is 7. The van der Waals surface area contributed by atoms with Crippen molar-refractivity contribution >= 4 is 15.7 Å². The number of hydrogen-bond acceptors (Lipinski definition) is 5. The molecule has 1 atom stereocenters. The van der Waals surface area contributed by atoms with Gasteiger partial charge in [-0.2, -0.15) is 5.26 Å². The van der Waals surface area contributed by atoms with Crippen LogP contribution in [-0.4, -0.2) is 27.4 Å². The smallest absolute Gasteiger partial charge is 0.235 e. The second-order valence-electron chi connectivity index (χ2n) is 5.19. The molecular formula is C17H18N2O4S. The molecule has 24 heavy (non-hydrogen) atoms. The molecule has 0 radical (unpaired) electrons. The van der Waals surface area contributed by atoms with E-state index >= 15 is 0 Å². The van der Waals surface area contributed by atoms with Crippen molar-refractivity contribution in [1.82, 2.24) is 0 Å². The van der Waals surface area contributed by atoms with Crippen LogP contribution in [0.25, 0.3) is 0 Å². The summed E-state index contributed by atoms with van der Waals surface area (Å²) in [7, 11) is -2.00. The van der Waals surface area contributed by atoms with Crippen LogP contribution in [0.3, 0.4) is 0 Å². The molecule has 126 valence electrons. The van der Waals surface area contributed by atoms with Gasteiger partial charge in [0.2, 0.25) is 10.0 Å². The minimum absolute atomic E-state index is 0.118. The molecule has 0 unspecified atom stereocenters. The van der Waals surface area contributed by atoms with Crippen molar-refractivity contribution in [2.24, 2.45) is 0 Å². The molecule has 2 aromatic rings. The third-order valence-electron chi connectivity index (χ3n) is 3.20. The zero-order chi connectivity index (χ0) is 17.6. The standard InChI is InChI=1S/C17H18N2O4S/c1-13(22-2)12-24(20,21)19-15-5-9-17(10-6-15)23-16-7-3-14(11-18)4-8-16/h3-10,13,19H,12H2,1-2H3/t13-/m1/s1. The van der Waals surface area contributed by atoms with Gasteiger partial charge in [-0.25, -0.2) is 8.42 Å². The van der Waals surface area contributed by atoms with Gasteiger partial charge in [0.25, 0.3) is 0 Å². The molecule has 6 nitrogen and oxygen atoms in total. The normalized spacial score (nSPS) is 12.2. The average molecular weight is 346 g/mol. The summed E-state index contributed by atoms with van der Waals surface area (Å²) in [5.74, 6) is 1.04. The number of sulfonamides is 1. The molecule has 1 N–H and O–H groups in total. The molecule has 2 aromatic carbocycles. The van der Waals surface area contributed by atoms with E-state index in [0.29, 0.717) is 22.7 Å². The molecule has 2 rings (SSSR count). The van der Waals surface area contributed by atoms with Gasteiger partial charge in [-0.1, -0.05) is 0 Å². The topological polar surface area (TPSA) is 88.4 Å². The minimum atomic E-state index is -3.47. The Labute approximate surface area is 141 Å². The van der Waals surface area contributed by atoms with E-state index < -0.39 is 10.0 Å². The first kappa shape index (κ1) is 17.8. The Morgan fingerprint density at radius 2 is 1.62 bits per heavy atom. The van der Waals surface area contributed by atoms with Crippen LogP contribution in [0.5, 0.6) is 11.5 Å². The summed E-state index contributed by atoms with van der Waals surface area (Å²) in [5.41, 5.74) is 1.00. The second kappa shape index (κ2) is 7.81. The zero-order valence-corrected chi connectivity index (χ0v) is 14.2. The molecule has 0 fully saturated rings. The van der Waals surface area contributed by atoms with E-state index in [0.717, 1.165) is 0 Å². The summed E-state index contributed by atoms with van der Waals surface area (Å²) in [6, 6.07) is 15.3. The molecule has 0 aliphatic rings. The Hall–Kier alpha value is -2.56. The number of methoxy groups -OCH3 is 1. The van der Waals surface area contributed by atoms with Crippen LogP contribution in [0, 0.1) is 11.3 Å². The van der Waals surface area contributed by atoms with E-state index in [2.05, 4.69) is 4.72 Å². The molecule has 0 amide bonds. The number of nitriles is 1. The maximum Gasteiger partial charge on any atom is 0.235 e. The van der Waals surface area contributed by atoms with Crippen LogP contribution in [-0.2, 0) is 14.8 Å². The summed E-state index contributed by atoms with van der Waals surface area (Å²) in [6.45, 7) is 1.69. The molecule has 0 saturated carbocycles. The second-order valence-corrected chi connectivity index (χ2v) is 6.96. The zero-order valence-electron chi connectivity index (χ0n) is 13.4. The minimum Gasteiger partial charge on any atom is -0.457 e. The van der Waals surface area contributed by atoms with Crippen molar-refractivity contribution in [1.29, 1.82) is 5.26 Å². The van der Waals surface area contributed by atoms with Crippen LogP contribution in [0.4, 0.5) is 5.69 Å². The van der Waals surface area contributed by atoms with Crippen molar-refractivity contribution in [2.45, 2.75) is 13.0 Å². The van der Waals surface area contributed by atoms with E-state index in [1.54, 1.807) is 55.5 Å². The first-order valence-electron chi connectivity index (χ1n) is 7.23. The van der Waals surface area contributed by atoms with Gasteiger partial charge < -0.3 is 9.47 Å². The molecule has 0 aliphatic heterocycles. The number of hydrogen-bond donors (Lipinski definition) is 1. The Kier molecular flexibility index (Phi) is 5.79. The predicted octanol–water partition coefficient (Wildman–Crippen LogP) is 3.13. The summed E-state index contributed by atoms with van der Waals surface area (Å²) in [4.78, 5) is 0. The van der Waals surface area contributed by atoms with Crippen molar-refractivity contribution in [3.63, 3.8) is 0 Å². The molecule has 0 saturated heterocycles. The van der Waals surface area contributed by atoms with Crippen molar-refractivity contribution in [2.75, 3.05) is 17.6 Å². The highest BCUT2D eigenvalue weighted by molar-refractivity contribution is 7.92. The lowest BCUT2D eigenvalue weighted by atomic mass is 10.2. The van der Waals surface area contributed by atoms with Crippen LogP contribution in [0.15, 0.2) is 48.5 Å². The fourth-order valence-electron chi connectivity index (χ4n) is 1.92. The SMILES string of the molecule is CO[C@H](C)CS(=O)(=O)Nc1ccc(Oc2ccc(C#N)cc2)cc1. The monoisotopic (exact) mass is 346 g/mol. The number of anilines is 1. The van der Waals surface area contributed by atoms with Crippen LogP contribution >= 0.6 is 0 Å². The van der Waals surface area contributed by atoms with Gasteiger partial charge in [0, 0.05) is 12.8 Å². The first-order valence-corrected chi connectivity index (χ1v) is 8.88. The van der Waals surface area contributed by atoms with Crippen molar-refractivity contribution in [3.8, 4) is 17.6 Å². The Balaban J connectivity index is 2.01. The summed E-state index contributed by atoms with van der Waals surface area (Å²) >= 11 is 0. The fraction of sp³-hybridized carbons (Fsp3) is 0.235. The number of nitrogens with zero attached hydrogens (tertiary/aromatic N) is 1. The maximum atomic E-state index is 12.0. The number of nitrogens with one attached hydrogen (secondary N) is 1. The predicted molar refractivity (Wildman–Crippen MR) is 91.6 cm³/mol. The number of ether oxygens (including phenoxy) is 2. The van der Waals surface area contributed by atoms with Gasteiger partial charge in [-0.15, -0.1) is 0 Å². The molecule has 0 heterocycles. The van der Waals surface area contributed by atoms with Gasteiger partial charge in [0.15, 0.2) is 0 Å². The van der Waals surface area contributed by atoms with Gasteiger partial charge in [-0.05, 0) is 55.5 Å². The fourth-order valence-corrected chi connectivity index (χ4v) is 3.26. The van der Waals surface area contributed by atoms with Gasteiger partial charge in [0.05, 0.1) is 23.5 Å². The van der Waals surface area contributed by atoms with Crippen molar-refractivity contribution < 1.29 is 17.9 Å². The lowest BCUT2D eigenvalue weighted by Gasteiger charge is -2.12. The van der Waals surface area contributed by atoms with Crippen LogP contribution < -0.4 is 9.46 Å². The summed E-state index contributed by atoms with van der Waals surface area (Å²) < 4.78 is 37.0. The highest BCUT2D eigenvalue weighted by atomic mass is 32.2. The van der Waals surface area contributed by atoms with Gasteiger partial charge in [0.1, 0.15) is 11.5 Å². The lowest BCUT2D eigenvalue weighted by Crippen LogP contribution is -2.25. The van der Waals surface area contributed by atoms with Crippen LogP contribution in [0.2, 0.25) is 0 Å². The highest BCUT2D eigenvalue weighted by Gasteiger charge is 2.15. The van der Waals surface area contributed by atoms with Crippen LogP contribution in [0.1, 0.15) is 12.5 Å². The van der Waals surface area contributed by atoms with E-state index in [1.165, 1.54) is 7.11 Å². The Morgan fingerprint density at radius 1 is 1.08 bits per heavy atom. The van der Waals surface area contributed by atoms with Gasteiger partial charge in [-0.3, -0.25) is 4.72 Å². The quantitative estimate of drug-likeness (QED) is 0.832. The first-order chi connectivity index (χ1) is 11.4. The lowest BCUT2D eigenvalue weighted by molar-refractivity contribution is 0.136. The number of benzene rings is 2. The van der Waals surface area contributed by atoms with Crippen molar-refractivity contribution in [3.05, 3.63) is 54.1 Å². The third kappa shape index (κ3) is 5.26. The summed E-state index contributed by atoms with van der Waals surface area (Å²) in [5, 5.41) is 8.76. The van der Waals surface area contributed by atoms with E-state index in [1.807, 2.05) is 6.07 Å².